The summed E-state index contributed by atoms with van der Waals surface area (Å²) in [5, 5.41) is 93.2. The quantitative estimate of drug-likeness (QED) is 0.148. The smallest absolute Gasteiger partial charge is 0.309 e. The molecule has 12 rings (SSSR count). The maximum absolute atomic E-state index is 15.4. The van der Waals surface area contributed by atoms with Crippen molar-refractivity contribution < 1.29 is 13.2 Å². The van der Waals surface area contributed by atoms with E-state index in [1.165, 1.54) is 30.3 Å². The zero-order chi connectivity index (χ0) is 58.6. The third-order valence-corrected chi connectivity index (χ3v) is 14.9. The number of rotatable bonds is 7. The van der Waals surface area contributed by atoms with Crippen LogP contribution in [0, 0.1) is 102 Å². The lowest BCUT2D eigenvalue weighted by molar-refractivity contribution is -0.137. The summed E-state index contributed by atoms with van der Waals surface area (Å²) in [6.07, 6.45) is -4.84. The highest BCUT2D eigenvalue weighted by Crippen LogP contribution is 2.46. The van der Waals surface area contributed by atoms with Crippen LogP contribution >= 0.6 is 0 Å². The Morgan fingerprint density at radius 1 is 0.286 bits per heavy atom. The van der Waals surface area contributed by atoms with Crippen molar-refractivity contribution >= 4 is 43.6 Å². The summed E-state index contributed by atoms with van der Waals surface area (Å²) < 4.78 is 49.7. The van der Waals surface area contributed by atoms with Crippen molar-refractivity contribution in [2.45, 2.75) is 6.18 Å². The molecular formula is C70H30F3N11. The summed E-state index contributed by atoms with van der Waals surface area (Å²) in [5.74, 6) is 0. The molecule has 0 spiro atoms. The van der Waals surface area contributed by atoms with Crippen molar-refractivity contribution in [2.75, 3.05) is 0 Å². The van der Waals surface area contributed by atoms with Crippen LogP contribution in [0.5, 0.6) is 0 Å². The van der Waals surface area contributed by atoms with E-state index in [4.69, 9.17) is 0 Å². The first kappa shape index (κ1) is 51.7. The maximum Gasteiger partial charge on any atom is 0.416 e. The van der Waals surface area contributed by atoms with Crippen molar-refractivity contribution in [3.63, 3.8) is 0 Å². The Labute approximate surface area is 476 Å². The summed E-state index contributed by atoms with van der Waals surface area (Å²) in [6.45, 7) is 0. The molecule has 14 heteroatoms. The van der Waals surface area contributed by atoms with Crippen molar-refractivity contribution in [1.82, 2.24) is 9.13 Å². The Kier molecular flexibility index (Phi) is 12.5. The summed E-state index contributed by atoms with van der Waals surface area (Å²) in [4.78, 5) is 0. The number of fused-ring (bicyclic) bond motifs is 6. The first-order valence-corrected chi connectivity index (χ1v) is 25.5. The number of nitriles is 9. The molecule has 0 unspecified atom stereocenters. The molecule has 10 aromatic carbocycles. The second kappa shape index (κ2) is 20.3. The number of alkyl halides is 3. The van der Waals surface area contributed by atoms with Crippen LogP contribution in [0.15, 0.2) is 182 Å². The van der Waals surface area contributed by atoms with E-state index in [-0.39, 0.29) is 72.6 Å². The van der Waals surface area contributed by atoms with Crippen molar-refractivity contribution in [2.24, 2.45) is 0 Å². The highest BCUT2D eigenvalue weighted by atomic mass is 19.4. The average molecular weight is 1080 g/mol. The molecule has 0 radical (unpaired) electrons. The van der Waals surface area contributed by atoms with Gasteiger partial charge in [0.1, 0.15) is 6.07 Å². The summed E-state index contributed by atoms with van der Waals surface area (Å²) in [7, 11) is 0. The highest BCUT2D eigenvalue weighted by Gasteiger charge is 2.33. The molecule has 0 amide bonds. The summed E-state index contributed by atoms with van der Waals surface area (Å²) in [5.41, 5.74) is 8.93. The zero-order valence-electron chi connectivity index (χ0n) is 43.4. The molecule has 12 aromatic rings. The fourth-order valence-corrected chi connectivity index (χ4v) is 11.2. The number of hydrogen-bond donors (Lipinski definition) is 0. The highest BCUT2D eigenvalue weighted by molar-refractivity contribution is 6.14. The van der Waals surface area contributed by atoms with E-state index in [2.05, 4.69) is 54.6 Å². The molecule has 0 aliphatic carbocycles. The van der Waals surface area contributed by atoms with Crippen molar-refractivity contribution in [3.8, 4) is 122 Å². The van der Waals surface area contributed by atoms with Gasteiger partial charge in [-0.3, -0.25) is 0 Å². The summed E-state index contributed by atoms with van der Waals surface area (Å²) >= 11 is 0. The molecule has 0 saturated heterocycles. The number of nitrogens with zero attached hydrogens (tertiary/aromatic N) is 11. The monoisotopic (exact) mass is 1080 g/mol. The molecule has 0 aliphatic rings. The second-order valence-electron chi connectivity index (χ2n) is 19.7. The van der Waals surface area contributed by atoms with Crippen LogP contribution in [0.25, 0.3) is 111 Å². The van der Waals surface area contributed by atoms with E-state index in [1.54, 1.807) is 91.0 Å². The normalized spacial score (nSPS) is 10.9. The van der Waals surface area contributed by atoms with Crippen LogP contribution in [-0.4, -0.2) is 9.13 Å². The lowest BCUT2D eigenvalue weighted by atomic mass is 9.95. The van der Waals surface area contributed by atoms with Crippen LogP contribution < -0.4 is 0 Å². The van der Waals surface area contributed by atoms with Gasteiger partial charge in [0.25, 0.3) is 0 Å². The minimum atomic E-state index is -4.84. The Hall–Kier alpha value is -13.0. The zero-order valence-corrected chi connectivity index (χ0v) is 43.4. The van der Waals surface area contributed by atoms with Crippen LogP contribution in [-0.2, 0) is 6.18 Å². The second-order valence-corrected chi connectivity index (χ2v) is 19.7. The van der Waals surface area contributed by atoms with Gasteiger partial charge in [-0.05, 0) is 190 Å². The SMILES string of the molecule is N#Cc1cc(C#N)cc(-c2ccc3c(c2)c2cc(-c4cc(C#N)cc(C#N)c4)ccc2n3-c2ccc(C(F)(F)F)cc2-c2cccc(C#N)c2-n2c3ccc(-c4cc(C#N)cc(C#N)c4)cc3c3cc(-c4cc(C#N)cc(C#N)c4)ccc32)c1. The largest absolute Gasteiger partial charge is 0.416 e. The Morgan fingerprint density at radius 3 is 0.905 bits per heavy atom. The van der Waals surface area contributed by atoms with Gasteiger partial charge in [0.15, 0.2) is 0 Å². The molecule has 2 aromatic heterocycles. The molecule has 0 bridgehead atoms. The standard InChI is InChI=1S/C70H30F3N11/c71-70(72,73)57-8-13-66(83-64-9-4-48(53-18-40(31-74)14-41(19-53)32-75)26-59(64)60-27-49(5-10-65(60)83)54-20-42(33-76)15-43(21-54)34-77)63(30-57)58-3-1-2-52(39-82)69(58)84-67-11-6-50(55-22-44(35-78)16-45(23-55)36-79)28-61(67)62-29-51(7-12-68(62)84)56-24-46(37-80)17-47(25-56)38-81/h1-30H. The molecular weight excluding hydrogens is 1050 g/mol. The van der Waals surface area contributed by atoms with Gasteiger partial charge in [-0.1, -0.05) is 36.4 Å². The molecule has 386 valence electrons. The molecule has 0 N–H and O–H groups in total. The third-order valence-electron chi connectivity index (χ3n) is 14.9. The molecule has 84 heavy (non-hydrogen) atoms. The predicted molar refractivity (Wildman–Crippen MR) is 310 cm³/mol. The van der Waals surface area contributed by atoms with Crippen LogP contribution in [0.3, 0.4) is 0 Å². The maximum atomic E-state index is 15.4. The lowest BCUT2D eigenvalue weighted by Gasteiger charge is -2.21. The fraction of sp³-hybridized carbons (Fsp3) is 0.0143. The van der Waals surface area contributed by atoms with E-state index in [9.17, 15) is 47.4 Å². The van der Waals surface area contributed by atoms with E-state index in [1.807, 2.05) is 57.7 Å². The first-order valence-electron chi connectivity index (χ1n) is 25.5. The van der Waals surface area contributed by atoms with E-state index in [0.717, 1.165) is 12.1 Å². The van der Waals surface area contributed by atoms with Gasteiger partial charge < -0.3 is 9.13 Å². The van der Waals surface area contributed by atoms with Crippen LogP contribution in [0.2, 0.25) is 0 Å². The molecule has 11 nitrogen and oxygen atoms in total. The summed E-state index contributed by atoms with van der Waals surface area (Å²) in [6, 6.07) is 68.7. The predicted octanol–water partition coefficient (Wildman–Crippen LogP) is 16.1. The van der Waals surface area contributed by atoms with Gasteiger partial charge in [0, 0.05) is 32.7 Å². The van der Waals surface area contributed by atoms with Crippen LogP contribution in [0.1, 0.15) is 55.6 Å². The Bertz CT molecular complexity index is 4930. The van der Waals surface area contributed by atoms with Gasteiger partial charge in [-0.2, -0.15) is 60.5 Å². The topological polar surface area (TPSA) is 224 Å². The molecule has 0 saturated carbocycles. The number of benzene rings is 10. The van der Waals surface area contributed by atoms with Gasteiger partial charge in [-0.25, -0.2) is 0 Å². The average Bonchev–Trinajstić information content (AvgIpc) is 2.67. The van der Waals surface area contributed by atoms with Crippen molar-refractivity contribution in [1.29, 1.82) is 47.4 Å². The van der Waals surface area contributed by atoms with E-state index >= 15 is 13.2 Å². The Morgan fingerprint density at radius 2 is 0.607 bits per heavy atom. The van der Waals surface area contributed by atoms with Crippen LogP contribution in [0.4, 0.5) is 13.2 Å². The van der Waals surface area contributed by atoms with E-state index < -0.39 is 11.7 Å². The Balaban J connectivity index is 1.17. The minimum Gasteiger partial charge on any atom is -0.309 e. The number of hydrogen-bond acceptors (Lipinski definition) is 9. The minimum absolute atomic E-state index is 0.0857. The number of aromatic nitrogens is 2. The number of para-hydroxylation sites is 1. The van der Waals surface area contributed by atoms with Gasteiger partial charge in [-0.15, -0.1) is 0 Å². The first-order chi connectivity index (χ1) is 40.8. The molecule has 0 fully saturated rings. The van der Waals surface area contributed by atoms with Gasteiger partial charge >= 0.3 is 6.18 Å². The molecule has 0 atom stereocenters. The van der Waals surface area contributed by atoms with E-state index in [0.29, 0.717) is 88.1 Å². The number of halogens is 3. The molecule has 0 aliphatic heterocycles. The molecule has 2 heterocycles. The van der Waals surface area contributed by atoms with Gasteiger partial charge in [0.2, 0.25) is 0 Å². The van der Waals surface area contributed by atoms with Gasteiger partial charge in [0.05, 0.1) is 138 Å². The lowest BCUT2D eigenvalue weighted by Crippen LogP contribution is -2.08. The third kappa shape index (κ3) is 8.84. The van der Waals surface area contributed by atoms with Crippen molar-refractivity contribution in [3.05, 3.63) is 238 Å². The fourth-order valence-electron chi connectivity index (χ4n) is 11.2.